The van der Waals surface area contributed by atoms with Crippen molar-refractivity contribution in [2.45, 2.75) is 44.4 Å². The van der Waals surface area contributed by atoms with E-state index in [1.807, 2.05) is 41.3 Å². The second-order valence-electron chi connectivity index (χ2n) is 7.30. The summed E-state index contributed by atoms with van der Waals surface area (Å²) >= 11 is 0. The van der Waals surface area contributed by atoms with Crippen LogP contribution in [0.15, 0.2) is 54.6 Å². The van der Waals surface area contributed by atoms with Crippen molar-refractivity contribution in [1.82, 2.24) is 4.90 Å². The van der Waals surface area contributed by atoms with Gasteiger partial charge in [0.05, 0.1) is 17.7 Å². The maximum absolute atomic E-state index is 13.5. The van der Waals surface area contributed by atoms with Crippen LogP contribution in [0.25, 0.3) is 5.57 Å². The van der Waals surface area contributed by atoms with Gasteiger partial charge in [-0.05, 0) is 54.5 Å². The third-order valence-electron chi connectivity index (χ3n) is 5.50. The van der Waals surface area contributed by atoms with Crippen molar-refractivity contribution in [3.8, 4) is 6.07 Å². The van der Waals surface area contributed by atoms with Crippen molar-refractivity contribution in [2.75, 3.05) is 0 Å². The van der Waals surface area contributed by atoms with Crippen molar-refractivity contribution >= 4 is 11.7 Å². The molecule has 28 heavy (non-hydrogen) atoms. The van der Waals surface area contributed by atoms with E-state index in [1.165, 1.54) is 12.1 Å². The van der Waals surface area contributed by atoms with Gasteiger partial charge in [-0.3, -0.25) is 4.90 Å². The molecule has 0 spiro atoms. The molecule has 2 aliphatic heterocycles. The minimum Gasteiger partial charge on any atom is -0.445 e. The Labute approximate surface area is 163 Å². The number of fused-ring (bicyclic) bond motifs is 2. The molecule has 0 saturated carbocycles. The molecule has 0 N–H and O–H groups in total. The van der Waals surface area contributed by atoms with Crippen molar-refractivity contribution in [1.29, 1.82) is 5.26 Å². The Morgan fingerprint density at radius 3 is 2.79 bits per heavy atom. The number of benzene rings is 2. The normalized spacial score (nSPS) is 20.9. The molecule has 0 aliphatic carbocycles. The largest absolute Gasteiger partial charge is 0.445 e. The highest BCUT2D eigenvalue weighted by Gasteiger charge is 2.38. The van der Waals surface area contributed by atoms with Crippen LogP contribution in [0.4, 0.5) is 9.18 Å². The van der Waals surface area contributed by atoms with E-state index >= 15 is 0 Å². The summed E-state index contributed by atoms with van der Waals surface area (Å²) in [6.07, 6.45) is 5.22. The molecule has 142 valence electrons. The lowest BCUT2D eigenvalue weighted by Crippen LogP contribution is -2.51. The zero-order chi connectivity index (χ0) is 19.5. The number of rotatable bonds is 3. The Hall–Kier alpha value is -3.13. The summed E-state index contributed by atoms with van der Waals surface area (Å²) in [6, 6.07) is 16.0. The first-order chi connectivity index (χ1) is 13.7. The van der Waals surface area contributed by atoms with Gasteiger partial charge < -0.3 is 4.74 Å². The fourth-order valence-corrected chi connectivity index (χ4v) is 4.20. The van der Waals surface area contributed by atoms with Crippen LogP contribution in [0.2, 0.25) is 0 Å². The molecular weight excluding hydrogens is 355 g/mol. The monoisotopic (exact) mass is 376 g/mol. The van der Waals surface area contributed by atoms with E-state index in [-0.39, 0.29) is 24.8 Å². The number of ether oxygens (including phenoxy) is 1. The molecule has 1 amide bonds. The highest BCUT2D eigenvalue weighted by atomic mass is 19.1. The molecule has 5 heteroatoms. The van der Waals surface area contributed by atoms with Crippen LogP contribution in [0, 0.1) is 17.1 Å². The molecule has 2 aromatic carbocycles. The highest BCUT2D eigenvalue weighted by molar-refractivity contribution is 5.76. The molecule has 2 unspecified atom stereocenters. The van der Waals surface area contributed by atoms with Gasteiger partial charge in [-0.15, -0.1) is 0 Å². The first kappa shape index (κ1) is 18.2. The second kappa shape index (κ2) is 7.85. The summed E-state index contributed by atoms with van der Waals surface area (Å²) < 4.78 is 19.0. The van der Waals surface area contributed by atoms with Gasteiger partial charge in [-0.25, -0.2) is 9.18 Å². The number of nitriles is 1. The van der Waals surface area contributed by atoms with Crippen molar-refractivity contribution in [3.05, 3.63) is 77.1 Å². The number of piperidine rings is 1. The van der Waals surface area contributed by atoms with Gasteiger partial charge in [0.15, 0.2) is 0 Å². The number of halogens is 1. The predicted octanol–water partition coefficient (Wildman–Crippen LogP) is 5.04. The summed E-state index contributed by atoms with van der Waals surface area (Å²) in [5.41, 5.74) is 3.07. The maximum Gasteiger partial charge on any atom is 0.410 e. The number of carbonyl (C=O) groups is 1. The van der Waals surface area contributed by atoms with Crippen LogP contribution < -0.4 is 0 Å². The number of nitrogens with zero attached hydrogens (tertiary/aromatic N) is 2. The average molecular weight is 376 g/mol. The predicted molar refractivity (Wildman–Crippen MR) is 104 cm³/mol. The summed E-state index contributed by atoms with van der Waals surface area (Å²) in [7, 11) is 0. The lowest BCUT2D eigenvalue weighted by molar-refractivity contribution is 0.0510. The number of hydrogen-bond donors (Lipinski definition) is 0. The molecule has 0 aromatic heterocycles. The third-order valence-corrected chi connectivity index (χ3v) is 5.50. The van der Waals surface area contributed by atoms with Crippen LogP contribution in [0.3, 0.4) is 0 Å². The van der Waals surface area contributed by atoms with E-state index in [0.29, 0.717) is 12.0 Å². The highest BCUT2D eigenvalue weighted by Crippen LogP contribution is 2.38. The molecule has 2 atom stereocenters. The fraction of sp³-hybridized carbons (Fsp3) is 0.304. The number of carbonyl (C=O) groups excluding carboxylic acids is 1. The van der Waals surface area contributed by atoms with Crippen molar-refractivity contribution in [2.24, 2.45) is 0 Å². The Morgan fingerprint density at radius 2 is 2.04 bits per heavy atom. The van der Waals surface area contributed by atoms with E-state index in [2.05, 4.69) is 6.07 Å². The van der Waals surface area contributed by atoms with E-state index in [0.717, 1.165) is 36.0 Å². The van der Waals surface area contributed by atoms with E-state index < -0.39 is 5.82 Å². The van der Waals surface area contributed by atoms with E-state index in [9.17, 15) is 14.4 Å². The first-order valence-electron chi connectivity index (χ1n) is 9.55. The minimum absolute atomic E-state index is 0.0404. The van der Waals surface area contributed by atoms with Crippen molar-refractivity contribution < 1.29 is 13.9 Å². The summed E-state index contributed by atoms with van der Waals surface area (Å²) in [6.45, 7) is 0.253. The Balaban J connectivity index is 1.54. The quantitative estimate of drug-likeness (QED) is 0.754. The van der Waals surface area contributed by atoms with Crippen molar-refractivity contribution in [3.63, 3.8) is 0 Å². The lowest BCUT2D eigenvalue weighted by Gasteiger charge is -2.44. The molecular formula is C23H21FN2O2. The molecule has 4 rings (SSSR count). The Bertz CT molecular complexity index is 949. The molecule has 1 fully saturated rings. The molecule has 2 aliphatic rings. The van der Waals surface area contributed by atoms with Gasteiger partial charge in [0.25, 0.3) is 0 Å². The lowest BCUT2D eigenvalue weighted by atomic mass is 9.82. The van der Waals surface area contributed by atoms with Crippen LogP contribution in [-0.4, -0.2) is 23.1 Å². The van der Waals surface area contributed by atoms with E-state index in [1.54, 1.807) is 6.07 Å². The van der Waals surface area contributed by atoms with Gasteiger partial charge in [0.1, 0.15) is 12.4 Å². The minimum atomic E-state index is -0.414. The smallest absolute Gasteiger partial charge is 0.410 e. The Kier molecular flexibility index (Phi) is 5.12. The average Bonchev–Trinajstić information content (AvgIpc) is 2.71. The number of amides is 1. The molecule has 1 saturated heterocycles. The van der Waals surface area contributed by atoms with Crippen LogP contribution >= 0.6 is 0 Å². The van der Waals surface area contributed by atoms with Gasteiger partial charge in [-0.2, -0.15) is 5.26 Å². The zero-order valence-corrected chi connectivity index (χ0v) is 15.5. The second-order valence-corrected chi connectivity index (χ2v) is 7.30. The SMILES string of the molecule is N#Cc1cc(F)ccc1C1=CC2CCCC(C1)N2C(=O)OCc1ccccc1. The fourth-order valence-electron chi connectivity index (χ4n) is 4.20. The van der Waals surface area contributed by atoms with Crippen LogP contribution in [0.5, 0.6) is 0 Å². The summed E-state index contributed by atoms with van der Waals surface area (Å²) in [5.74, 6) is -0.414. The summed E-state index contributed by atoms with van der Waals surface area (Å²) in [5, 5.41) is 9.37. The third kappa shape index (κ3) is 3.63. The molecule has 4 nitrogen and oxygen atoms in total. The topological polar surface area (TPSA) is 53.3 Å². The first-order valence-corrected chi connectivity index (χ1v) is 9.55. The maximum atomic E-state index is 13.5. The van der Waals surface area contributed by atoms with Gasteiger partial charge in [0.2, 0.25) is 0 Å². The summed E-state index contributed by atoms with van der Waals surface area (Å²) in [4.78, 5) is 14.6. The standard InChI is InChI=1S/C23H21FN2O2/c24-19-9-10-22(18(11-19)14-25)17-12-20-7-4-8-21(13-17)26(20)23(27)28-15-16-5-2-1-3-6-16/h1-3,5-6,9-12,20-21H,4,7-8,13,15H2. The Morgan fingerprint density at radius 1 is 1.21 bits per heavy atom. The van der Waals surface area contributed by atoms with Gasteiger partial charge in [0, 0.05) is 6.04 Å². The molecule has 2 aromatic rings. The zero-order valence-electron chi connectivity index (χ0n) is 15.5. The molecule has 2 bridgehead atoms. The molecule has 0 radical (unpaired) electrons. The number of hydrogen-bond acceptors (Lipinski definition) is 3. The van der Waals surface area contributed by atoms with Crippen LogP contribution in [-0.2, 0) is 11.3 Å². The van der Waals surface area contributed by atoms with Crippen LogP contribution in [0.1, 0.15) is 42.4 Å². The molecule has 2 heterocycles. The van der Waals surface area contributed by atoms with E-state index in [4.69, 9.17) is 4.74 Å². The van der Waals surface area contributed by atoms with Gasteiger partial charge >= 0.3 is 6.09 Å². The van der Waals surface area contributed by atoms with Gasteiger partial charge in [-0.1, -0.05) is 42.5 Å².